The van der Waals surface area contributed by atoms with Gasteiger partial charge in [0.05, 0.1) is 24.9 Å². The highest BCUT2D eigenvalue weighted by Crippen LogP contribution is 2.40. The zero-order valence-corrected chi connectivity index (χ0v) is 15.3. The van der Waals surface area contributed by atoms with Crippen molar-refractivity contribution in [3.8, 4) is 5.69 Å². The largest absolute Gasteiger partial charge is 0.466 e. The van der Waals surface area contributed by atoms with Gasteiger partial charge in [0.25, 0.3) is 0 Å². The summed E-state index contributed by atoms with van der Waals surface area (Å²) in [5, 5.41) is 0. The number of benzene rings is 1. The average molecular weight is 351 g/mol. The molecule has 2 unspecified atom stereocenters. The van der Waals surface area contributed by atoms with Crippen LogP contribution >= 0.6 is 0 Å². The van der Waals surface area contributed by atoms with Gasteiger partial charge in [-0.05, 0) is 38.5 Å². The van der Waals surface area contributed by atoms with Gasteiger partial charge in [0.1, 0.15) is 5.78 Å². The Hall–Kier alpha value is -3.02. The van der Waals surface area contributed by atoms with E-state index in [4.69, 9.17) is 4.74 Å². The number of hydrogen-bond acceptors (Lipinski definition) is 5. The third-order valence-electron chi connectivity index (χ3n) is 4.70. The Bertz CT molecular complexity index is 910. The number of ketones is 1. The third-order valence-corrected chi connectivity index (χ3v) is 4.70. The molecule has 0 N–H and O–H groups in total. The molecule has 0 bridgehead atoms. The van der Waals surface area contributed by atoms with E-state index >= 15 is 0 Å². The Morgan fingerprint density at radius 1 is 1.23 bits per heavy atom. The second-order valence-corrected chi connectivity index (χ2v) is 6.37. The molecule has 0 saturated heterocycles. The number of esters is 1. The van der Waals surface area contributed by atoms with Crippen molar-refractivity contribution in [3.63, 3.8) is 0 Å². The fourth-order valence-electron chi connectivity index (χ4n) is 3.59. The molecule has 0 fully saturated rings. The lowest BCUT2D eigenvalue weighted by Crippen LogP contribution is -2.34. The first kappa shape index (κ1) is 17.8. The molecule has 2 atom stereocenters. The van der Waals surface area contributed by atoms with Gasteiger partial charge in [-0.3, -0.25) is 9.79 Å². The van der Waals surface area contributed by atoms with Crippen molar-refractivity contribution in [2.75, 3.05) is 7.11 Å². The standard InChI is InChI=1S/C20H21N3O3/c1-12-17(14(3)24)19(18(13(2)22-12)20(25)26-4)15-6-5-7-16(10-15)23-9-8-21-11-23/h5-11,17,19H,1-4H3. The van der Waals surface area contributed by atoms with Crippen LogP contribution in [-0.4, -0.2) is 34.1 Å². The molecule has 1 aromatic carbocycles. The maximum atomic E-state index is 12.5. The second kappa shape index (κ2) is 7.07. The van der Waals surface area contributed by atoms with Crippen molar-refractivity contribution in [3.05, 3.63) is 59.8 Å². The van der Waals surface area contributed by atoms with Crippen LogP contribution in [0.25, 0.3) is 5.69 Å². The first-order valence-electron chi connectivity index (χ1n) is 8.37. The molecule has 3 rings (SSSR count). The van der Waals surface area contributed by atoms with Crippen molar-refractivity contribution in [2.24, 2.45) is 10.9 Å². The van der Waals surface area contributed by atoms with E-state index in [1.165, 1.54) is 14.0 Å². The number of imidazole rings is 1. The van der Waals surface area contributed by atoms with Gasteiger partial charge >= 0.3 is 5.97 Å². The Morgan fingerprint density at radius 3 is 2.62 bits per heavy atom. The molecule has 2 heterocycles. The van der Waals surface area contributed by atoms with Crippen molar-refractivity contribution >= 4 is 17.5 Å². The molecule has 0 radical (unpaired) electrons. The lowest BCUT2D eigenvalue weighted by molar-refractivity contribution is -0.136. The van der Waals surface area contributed by atoms with Crippen LogP contribution in [0.1, 0.15) is 32.3 Å². The van der Waals surface area contributed by atoms with Gasteiger partial charge in [0, 0.05) is 35.4 Å². The van der Waals surface area contributed by atoms with Gasteiger partial charge in [-0.25, -0.2) is 9.78 Å². The topological polar surface area (TPSA) is 73.5 Å². The van der Waals surface area contributed by atoms with Gasteiger partial charge < -0.3 is 9.30 Å². The molecular formula is C20H21N3O3. The lowest BCUT2D eigenvalue weighted by Gasteiger charge is -2.31. The number of Topliss-reactive ketones (excluding diaryl/α,β-unsaturated/α-hetero) is 1. The Labute approximate surface area is 152 Å². The monoisotopic (exact) mass is 351 g/mol. The van der Waals surface area contributed by atoms with Crippen molar-refractivity contribution < 1.29 is 14.3 Å². The van der Waals surface area contributed by atoms with E-state index < -0.39 is 17.8 Å². The molecule has 0 saturated carbocycles. The summed E-state index contributed by atoms with van der Waals surface area (Å²) in [6.45, 7) is 5.14. The number of nitrogens with zero attached hydrogens (tertiary/aromatic N) is 3. The number of hydrogen-bond donors (Lipinski definition) is 0. The number of aliphatic imine (C=N–C) groups is 1. The Kier molecular flexibility index (Phi) is 4.84. The van der Waals surface area contributed by atoms with Crippen LogP contribution in [0, 0.1) is 5.92 Å². The number of rotatable bonds is 4. The molecular weight excluding hydrogens is 330 g/mol. The van der Waals surface area contributed by atoms with Crippen LogP contribution in [0.15, 0.2) is 59.2 Å². The van der Waals surface area contributed by atoms with Crippen LogP contribution in [0.5, 0.6) is 0 Å². The van der Waals surface area contributed by atoms with E-state index in [9.17, 15) is 9.59 Å². The molecule has 1 aliphatic rings. The molecule has 0 spiro atoms. The third kappa shape index (κ3) is 3.10. The van der Waals surface area contributed by atoms with E-state index in [-0.39, 0.29) is 5.78 Å². The number of carbonyl (C=O) groups is 2. The molecule has 0 amide bonds. The summed E-state index contributed by atoms with van der Waals surface area (Å²) in [5.41, 5.74) is 3.50. The van der Waals surface area contributed by atoms with Crippen LogP contribution in [0.4, 0.5) is 0 Å². The number of methoxy groups -OCH3 is 1. The molecule has 6 nitrogen and oxygen atoms in total. The van der Waals surface area contributed by atoms with Crippen molar-refractivity contribution in [1.29, 1.82) is 0 Å². The predicted octanol–water partition coefficient (Wildman–Crippen LogP) is 3.08. The van der Waals surface area contributed by atoms with Gasteiger partial charge in [-0.1, -0.05) is 12.1 Å². The number of carbonyl (C=O) groups excluding carboxylic acids is 2. The SMILES string of the molecule is COC(=O)C1=C(C)N=C(C)C(C(C)=O)C1c1cccc(-n2ccnc2)c1. The zero-order valence-electron chi connectivity index (χ0n) is 15.3. The van der Waals surface area contributed by atoms with Crippen LogP contribution in [0.3, 0.4) is 0 Å². The molecule has 2 aromatic rings. The second-order valence-electron chi connectivity index (χ2n) is 6.37. The van der Waals surface area contributed by atoms with E-state index in [2.05, 4.69) is 9.98 Å². The van der Waals surface area contributed by atoms with E-state index in [0.29, 0.717) is 17.0 Å². The minimum atomic E-state index is -0.495. The van der Waals surface area contributed by atoms with Gasteiger partial charge in [0.15, 0.2) is 0 Å². The van der Waals surface area contributed by atoms with E-state index in [1.807, 2.05) is 42.0 Å². The van der Waals surface area contributed by atoms with Gasteiger partial charge in [0.2, 0.25) is 0 Å². The predicted molar refractivity (Wildman–Crippen MR) is 98.3 cm³/mol. The average Bonchev–Trinajstić information content (AvgIpc) is 3.15. The van der Waals surface area contributed by atoms with Crippen LogP contribution < -0.4 is 0 Å². The highest BCUT2D eigenvalue weighted by Gasteiger charge is 2.39. The molecule has 0 aliphatic carbocycles. The van der Waals surface area contributed by atoms with Crippen molar-refractivity contribution in [1.82, 2.24) is 9.55 Å². The normalized spacial score (nSPS) is 19.9. The van der Waals surface area contributed by atoms with Crippen LogP contribution in [-0.2, 0) is 14.3 Å². The molecule has 1 aromatic heterocycles. The summed E-state index contributed by atoms with van der Waals surface area (Å²) >= 11 is 0. The van der Waals surface area contributed by atoms with Crippen molar-refractivity contribution in [2.45, 2.75) is 26.7 Å². The summed E-state index contributed by atoms with van der Waals surface area (Å²) in [4.78, 5) is 33.4. The van der Waals surface area contributed by atoms with E-state index in [0.717, 1.165) is 11.3 Å². The summed E-state index contributed by atoms with van der Waals surface area (Å²) in [6.07, 6.45) is 5.25. The molecule has 26 heavy (non-hydrogen) atoms. The minimum Gasteiger partial charge on any atom is -0.466 e. The zero-order chi connectivity index (χ0) is 18.8. The quantitative estimate of drug-likeness (QED) is 0.794. The lowest BCUT2D eigenvalue weighted by atomic mass is 9.74. The van der Waals surface area contributed by atoms with Gasteiger partial charge in [-0.15, -0.1) is 0 Å². The Morgan fingerprint density at radius 2 is 2.00 bits per heavy atom. The molecule has 1 aliphatic heterocycles. The summed E-state index contributed by atoms with van der Waals surface area (Å²) in [6, 6.07) is 7.76. The highest BCUT2D eigenvalue weighted by atomic mass is 16.5. The maximum Gasteiger partial charge on any atom is 0.336 e. The first-order valence-corrected chi connectivity index (χ1v) is 8.37. The fourth-order valence-corrected chi connectivity index (χ4v) is 3.59. The number of allylic oxidation sites excluding steroid dienone is 1. The number of ether oxygens (including phenoxy) is 1. The van der Waals surface area contributed by atoms with E-state index in [1.54, 1.807) is 19.4 Å². The summed E-state index contributed by atoms with van der Waals surface area (Å²) < 4.78 is 6.86. The Balaban J connectivity index is 2.18. The molecule has 134 valence electrons. The minimum absolute atomic E-state index is 0.0295. The summed E-state index contributed by atoms with van der Waals surface area (Å²) in [5.74, 6) is -1.41. The fraction of sp³-hybridized carbons (Fsp3) is 0.300. The highest BCUT2D eigenvalue weighted by molar-refractivity contribution is 6.08. The maximum absolute atomic E-state index is 12.5. The number of aromatic nitrogens is 2. The smallest absolute Gasteiger partial charge is 0.336 e. The molecule has 6 heteroatoms. The van der Waals surface area contributed by atoms with Gasteiger partial charge in [-0.2, -0.15) is 0 Å². The summed E-state index contributed by atoms with van der Waals surface area (Å²) in [7, 11) is 1.34. The first-order chi connectivity index (χ1) is 12.4. The van der Waals surface area contributed by atoms with Crippen LogP contribution in [0.2, 0.25) is 0 Å².